The molecule has 3 nitrogen and oxygen atoms in total. The Morgan fingerprint density at radius 3 is 1.61 bits per heavy atom. The maximum absolute atomic E-state index is 6.74. The Labute approximate surface area is 388 Å². The highest BCUT2D eigenvalue weighted by atomic mass is 16.3. The third kappa shape index (κ3) is 6.59. The Kier molecular flexibility index (Phi) is 9.17. The first-order valence-electron chi connectivity index (χ1n) is 22.9. The molecule has 0 aliphatic carbocycles. The van der Waals surface area contributed by atoms with Crippen molar-refractivity contribution in [3.8, 4) is 50.2 Å². The van der Waals surface area contributed by atoms with Crippen LogP contribution >= 0.6 is 0 Å². The zero-order valence-corrected chi connectivity index (χ0v) is 36.6. The van der Waals surface area contributed by atoms with Crippen LogP contribution in [0, 0.1) is 0 Å². The molecule has 314 valence electrons. The molecule has 0 fully saturated rings. The van der Waals surface area contributed by atoms with Gasteiger partial charge in [0.15, 0.2) is 0 Å². The van der Waals surface area contributed by atoms with Crippen molar-refractivity contribution in [1.82, 2.24) is 4.57 Å². The molecule has 13 rings (SSSR count). The number of furan rings is 1. The van der Waals surface area contributed by atoms with Crippen LogP contribution in [0.2, 0.25) is 0 Å². The lowest BCUT2D eigenvalue weighted by Gasteiger charge is -2.29. The first-order valence-corrected chi connectivity index (χ1v) is 22.9. The summed E-state index contributed by atoms with van der Waals surface area (Å²) in [5.74, 6) is 0. The van der Waals surface area contributed by atoms with Crippen LogP contribution in [0.25, 0.3) is 105 Å². The minimum absolute atomic E-state index is 0.870. The topological polar surface area (TPSA) is 21.3 Å². The summed E-state index contributed by atoms with van der Waals surface area (Å²) in [5.41, 5.74) is 17.6. The molecule has 67 heavy (non-hydrogen) atoms. The highest BCUT2D eigenvalue weighted by molar-refractivity contribution is 6.20. The summed E-state index contributed by atoms with van der Waals surface area (Å²) in [6.07, 6.45) is 0. The lowest BCUT2D eigenvalue weighted by Crippen LogP contribution is -2.11. The van der Waals surface area contributed by atoms with Crippen molar-refractivity contribution in [3.63, 3.8) is 0 Å². The van der Waals surface area contributed by atoms with Gasteiger partial charge in [0.1, 0.15) is 11.2 Å². The van der Waals surface area contributed by atoms with Crippen LogP contribution in [0.3, 0.4) is 0 Å². The second-order valence-electron chi connectivity index (χ2n) is 17.3. The second-order valence-corrected chi connectivity index (χ2v) is 17.3. The van der Waals surface area contributed by atoms with E-state index in [1.807, 2.05) is 0 Å². The largest absolute Gasteiger partial charge is 0.455 e. The average molecular weight is 855 g/mol. The zero-order chi connectivity index (χ0) is 44.3. The Morgan fingerprint density at radius 1 is 0.328 bits per heavy atom. The van der Waals surface area contributed by atoms with Gasteiger partial charge in [-0.3, -0.25) is 0 Å². The fourth-order valence-electron chi connectivity index (χ4n) is 10.3. The predicted octanol–water partition coefficient (Wildman–Crippen LogP) is 18.0. The Balaban J connectivity index is 1.00. The van der Waals surface area contributed by atoms with Crippen LogP contribution in [0.5, 0.6) is 0 Å². The molecule has 0 amide bonds. The van der Waals surface area contributed by atoms with E-state index >= 15 is 0 Å². The number of fused-ring (bicyclic) bond motifs is 8. The molecule has 0 N–H and O–H groups in total. The zero-order valence-electron chi connectivity index (χ0n) is 36.6. The quantitative estimate of drug-likeness (QED) is 0.152. The number of para-hydroxylation sites is 3. The molecule has 0 unspecified atom stereocenters. The summed E-state index contributed by atoms with van der Waals surface area (Å²) in [5, 5.41) is 7.00. The minimum atomic E-state index is 0.870. The van der Waals surface area contributed by atoms with Crippen LogP contribution in [0.15, 0.2) is 259 Å². The third-order valence-electron chi connectivity index (χ3n) is 13.4. The van der Waals surface area contributed by atoms with Crippen molar-refractivity contribution in [2.75, 3.05) is 4.90 Å². The number of anilines is 3. The molecule has 0 aliphatic rings. The molecule has 0 radical (unpaired) electrons. The van der Waals surface area contributed by atoms with Crippen molar-refractivity contribution in [1.29, 1.82) is 0 Å². The molecule has 2 aromatic heterocycles. The number of aromatic nitrogens is 1. The average Bonchev–Trinajstić information content (AvgIpc) is 3.96. The first-order chi connectivity index (χ1) is 33.2. The van der Waals surface area contributed by atoms with Crippen LogP contribution in [-0.4, -0.2) is 4.57 Å². The first kappa shape index (κ1) is 38.5. The standard InChI is InChI=1S/C64H42N2O/c1-3-17-43(18-4-1)48-39-49(44-19-5-2-6-20-44)42-52(41-48)65(59-29-12-11-27-56(59)57-28-16-32-62-63(57)58-38-35-46-21-7-8-24-53(46)64(58)67-62)50-36-33-45(34-37-50)47-22-15-23-51(40-47)66-60-30-13-9-25-54(60)55-26-10-14-31-61(55)66/h1-42H. The molecule has 13 aromatic rings. The molecule has 3 heteroatoms. The summed E-state index contributed by atoms with van der Waals surface area (Å²) in [6.45, 7) is 0. The number of rotatable bonds is 8. The van der Waals surface area contributed by atoms with E-state index in [2.05, 4.69) is 264 Å². The van der Waals surface area contributed by atoms with Gasteiger partial charge in [-0.05, 0) is 117 Å². The Morgan fingerprint density at radius 2 is 0.896 bits per heavy atom. The van der Waals surface area contributed by atoms with Crippen molar-refractivity contribution >= 4 is 71.6 Å². The van der Waals surface area contributed by atoms with Crippen molar-refractivity contribution in [2.45, 2.75) is 0 Å². The molecular formula is C64H42N2O. The van der Waals surface area contributed by atoms with Gasteiger partial charge in [-0.1, -0.05) is 182 Å². The fourth-order valence-corrected chi connectivity index (χ4v) is 10.3. The molecule has 0 saturated heterocycles. The Hall–Kier alpha value is -8.92. The van der Waals surface area contributed by atoms with Gasteiger partial charge in [-0.25, -0.2) is 0 Å². The van der Waals surface area contributed by atoms with Gasteiger partial charge in [0.2, 0.25) is 0 Å². The molecule has 0 bridgehead atoms. The SMILES string of the molecule is c1ccc(-c2cc(-c3ccccc3)cc(N(c3ccc(-c4cccc(-n5c6ccccc6c6ccccc65)c4)cc3)c3ccccc3-c3cccc4oc5c6ccccc6ccc5c34)c2)cc1. The van der Waals surface area contributed by atoms with Gasteiger partial charge < -0.3 is 13.9 Å². The van der Waals surface area contributed by atoms with Crippen molar-refractivity contribution < 1.29 is 4.42 Å². The molecule has 0 atom stereocenters. The molecule has 0 aliphatic heterocycles. The lowest BCUT2D eigenvalue weighted by molar-refractivity contribution is 0.673. The second kappa shape index (κ2) is 16.0. The summed E-state index contributed by atoms with van der Waals surface area (Å²) >= 11 is 0. The molecule has 11 aromatic carbocycles. The number of benzene rings is 11. The minimum Gasteiger partial charge on any atom is -0.455 e. The third-order valence-corrected chi connectivity index (χ3v) is 13.4. The van der Waals surface area contributed by atoms with Crippen LogP contribution in [0.4, 0.5) is 17.1 Å². The van der Waals surface area contributed by atoms with Crippen LogP contribution < -0.4 is 4.90 Å². The summed E-state index contributed by atoms with van der Waals surface area (Å²) in [4.78, 5) is 2.43. The normalized spacial score (nSPS) is 11.6. The van der Waals surface area contributed by atoms with Gasteiger partial charge in [-0.15, -0.1) is 0 Å². The fraction of sp³-hybridized carbons (Fsp3) is 0. The monoisotopic (exact) mass is 854 g/mol. The highest BCUT2D eigenvalue weighted by Crippen LogP contribution is 2.47. The molecule has 0 saturated carbocycles. The summed E-state index contributed by atoms with van der Waals surface area (Å²) in [7, 11) is 0. The number of hydrogen-bond acceptors (Lipinski definition) is 2. The van der Waals surface area contributed by atoms with Gasteiger partial charge >= 0.3 is 0 Å². The summed E-state index contributed by atoms with van der Waals surface area (Å²) < 4.78 is 9.13. The predicted molar refractivity (Wildman–Crippen MR) is 282 cm³/mol. The van der Waals surface area contributed by atoms with E-state index in [1.54, 1.807) is 0 Å². The van der Waals surface area contributed by atoms with E-state index in [9.17, 15) is 0 Å². The van der Waals surface area contributed by atoms with Gasteiger partial charge in [-0.2, -0.15) is 0 Å². The molecule has 0 spiro atoms. The van der Waals surface area contributed by atoms with E-state index in [4.69, 9.17) is 4.42 Å². The summed E-state index contributed by atoms with van der Waals surface area (Å²) in [6, 6.07) is 92.0. The van der Waals surface area contributed by atoms with Crippen LogP contribution in [-0.2, 0) is 0 Å². The highest BCUT2D eigenvalue weighted by Gasteiger charge is 2.23. The van der Waals surface area contributed by atoms with E-state index in [0.29, 0.717) is 0 Å². The van der Waals surface area contributed by atoms with E-state index < -0.39 is 0 Å². The van der Waals surface area contributed by atoms with E-state index in [1.165, 1.54) is 21.8 Å². The molecule has 2 heterocycles. The molecular weight excluding hydrogens is 813 g/mol. The maximum atomic E-state index is 6.74. The van der Waals surface area contributed by atoms with Gasteiger partial charge in [0.05, 0.1) is 16.7 Å². The van der Waals surface area contributed by atoms with Crippen LogP contribution in [0.1, 0.15) is 0 Å². The maximum Gasteiger partial charge on any atom is 0.143 e. The number of hydrogen-bond donors (Lipinski definition) is 0. The van der Waals surface area contributed by atoms with Gasteiger partial charge in [0.25, 0.3) is 0 Å². The van der Waals surface area contributed by atoms with Crippen molar-refractivity contribution in [2.24, 2.45) is 0 Å². The Bertz CT molecular complexity index is 3860. The number of nitrogens with zero attached hydrogens (tertiary/aromatic N) is 2. The van der Waals surface area contributed by atoms with Crippen molar-refractivity contribution in [3.05, 3.63) is 255 Å². The lowest BCUT2D eigenvalue weighted by atomic mass is 9.94. The van der Waals surface area contributed by atoms with Gasteiger partial charge in [0, 0.05) is 49.6 Å². The van der Waals surface area contributed by atoms with E-state index in [-0.39, 0.29) is 0 Å². The van der Waals surface area contributed by atoms with E-state index in [0.717, 1.165) is 100.0 Å². The smallest absolute Gasteiger partial charge is 0.143 e.